The lowest BCUT2D eigenvalue weighted by Gasteiger charge is -2.14. The molecule has 2 aromatic carbocycles. The second kappa shape index (κ2) is 11.1. The highest BCUT2D eigenvalue weighted by Gasteiger charge is 2.29. The van der Waals surface area contributed by atoms with Gasteiger partial charge in [0.15, 0.2) is 0 Å². The Morgan fingerprint density at radius 2 is 1.71 bits per heavy atom. The second-order valence-corrected chi connectivity index (χ2v) is 9.50. The quantitative estimate of drug-likeness (QED) is 0.385. The summed E-state index contributed by atoms with van der Waals surface area (Å²) in [4.78, 5) is 39.6. The fraction of sp³-hybridized carbons (Fsp3) is 0.308. The van der Waals surface area contributed by atoms with Crippen LogP contribution in [-0.2, 0) is 16.1 Å². The number of nitrogens with zero attached hydrogens (tertiary/aromatic N) is 1. The molecule has 9 heteroatoms. The number of carbonyl (C=O) groups is 3. The number of carboxylic acid groups (broad SMARTS) is 1. The van der Waals surface area contributed by atoms with E-state index in [4.69, 9.17) is 9.84 Å². The van der Waals surface area contributed by atoms with E-state index >= 15 is 0 Å². The van der Waals surface area contributed by atoms with Crippen LogP contribution in [0.2, 0.25) is 0 Å². The third-order valence-corrected chi connectivity index (χ3v) is 6.81. The predicted molar refractivity (Wildman–Crippen MR) is 132 cm³/mol. The van der Waals surface area contributed by atoms with Gasteiger partial charge < -0.3 is 20.5 Å². The number of thiazole rings is 1. The van der Waals surface area contributed by atoms with Gasteiger partial charge in [-0.25, -0.2) is 9.78 Å². The number of carbonyl (C=O) groups excluding carboxylic acids is 2. The zero-order valence-corrected chi connectivity index (χ0v) is 20.1. The summed E-state index contributed by atoms with van der Waals surface area (Å²) in [6.07, 6.45) is 0.0943. The molecular weight excluding hydrogens is 466 g/mol. The van der Waals surface area contributed by atoms with Crippen LogP contribution in [0.15, 0.2) is 53.9 Å². The SMILES string of the molecule is CC(CCNC(=O)c1csc(CNC(=O)OCC2c3ccccc3-c3ccccc32)n1)CC(=O)O. The zero-order chi connectivity index (χ0) is 24.8. The number of amides is 2. The molecule has 4 rings (SSSR count). The van der Waals surface area contributed by atoms with Crippen LogP contribution in [-0.4, -0.2) is 41.2 Å². The van der Waals surface area contributed by atoms with Crippen molar-refractivity contribution >= 4 is 29.3 Å². The van der Waals surface area contributed by atoms with Crippen molar-refractivity contribution in [3.05, 3.63) is 75.7 Å². The van der Waals surface area contributed by atoms with Gasteiger partial charge in [0.25, 0.3) is 5.91 Å². The van der Waals surface area contributed by atoms with Crippen molar-refractivity contribution in [1.29, 1.82) is 0 Å². The normalized spacial score (nSPS) is 12.9. The second-order valence-electron chi connectivity index (χ2n) is 8.55. The smallest absolute Gasteiger partial charge is 0.407 e. The lowest BCUT2D eigenvalue weighted by Crippen LogP contribution is -2.27. The predicted octanol–water partition coefficient (Wildman–Crippen LogP) is 4.41. The highest BCUT2D eigenvalue weighted by molar-refractivity contribution is 7.09. The van der Waals surface area contributed by atoms with Crippen LogP contribution >= 0.6 is 11.3 Å². The summed E-state index contributed by atoms with van der Waals surface area (Å²) in [5.74, 6) is -1.21. The number of aromatic nitrogens is 1. The Labute approximate surface area is 207 Å². The van der Waals surface area contributed by atoms with Crippen LogP contribution in [0.4, 0.5) is 4.79 Å². The summed E-state index contributed by atoms with van der Waals surface area (Å²) in [6, 6.07) is 16.3. The minimum absolute atomic E-state index is 0.0125. The van der Waals surface area contributed by atoms with Crippen molar-refractivity contribution in [2.75, 3.05) is 13.2 Å². The number of ether oxygens (including phenoxy) is 1. The first-order valence-corrected chi connectivity index (χ1v) is 12.3. The van der Waals surface area contributed by atoms with Crippen LogP contribution in [0.5, 0.6) is 0 Å². The van der Waals surface area contributed by atoms with Gasteiger partial charge in [0.1, 0.15) is 17.3 Å². The molecule has 0 spiro atoms. The van der Waals surface area contributed by atoms with Gasteiger partial charge in [-0.1, -0.05) is 55.5 Å². The van der Waals surface area contributed by atoms with Crippen LogP contribution in [0.3, 0.4) is 0 Å². The number of nitrogens with one attached hydrogen (secondary N) is 2. The Kier molecular flexibility index (Phi) is 7.77. The molecule has 2 amide bonds. The molecule has 0 radical (unpaired) electrons. The van der Waals surface area contributed by atoms with Crippen LogP contribution in [0, 0.1) is 5.92 Å². The van der Waals surface area contributed by atoms with Gasteiger partial charge in [0.2, 0.25) is 0 Å². The summed E-state index contributed by atoms with van der Waals surface area (Å²) >= 11 is 1.27. The van der Waals surface area contributed by atoms with Crippen molar-refractivity contribution in [2.45, 2.75) is 32.2 Å². The first-order valence-electron chi connectivity index (χ1n) is 11.5. The summed E-state index contributed by atoms with van der Waals surface area (Å²) in [5, 5.41) is 16.5. The summed E-state index contributed by atoms with van der Waals surface area (Å²) in [6.45, 7) is 2.59. The van der Waals surface area contributed by atoms with Crippen molar-refractivity contribution in [2.24, 2.45) is 5.92 Å². The van der Waals surface area contributed by atoms with Crippen LogP contribution in [0.25, 0.3) is 11.1 Å². The van der Waals surface area contributed by atoms with Crippen molar-refractivity contribution in [3.63, 3.8) is 0 Å². The molecule has 3 N–H and O–H groups in total. The zero-order valence-electron chi connectivity index (χ0n) is 19.3. The van der Waals surface area contributed by atoms with E-state index < -0.39 is 12.1 Å². The van der Waals surface area contributed by atoms with Crippen LogP contribution in [0.1, 0.15) is 52.3 Å². The molecule has 0 saturated heterocycles. The average molecular weight is 494 g/mol. The molecule has 0 saturated carbocycles. The summed E-state index contributed by atoms with van der Waals surface area (Å²) < 4.78 is 5.52. The van der Waals surface area contributed by atoms with Gasteiger partial charge in [0.05, 0.1) is 6.54 Å². The average Bonchev–Trinajstić information content (AvgIpc) is 3.44. The molecule has 1 aromatic heterocycles. The van der Waals surface area contributed by atoms with Crippen molar-refractivity contribution in [3.8, 4) is 11.1 Å². The van der Waals surface area contributed by atoms with E-state index in [9.17, 15) is 14.4 Å². The Bertz CT molecular complexity index is 1180. The number of carboxylic acids is 1. The third-order valence-electron chi connectivity index (χ3n) is 5.96. The number of aliphatic carboxylic acids is 1. The molecule has 1 aliphatic rings. The molecule has 3 aromatic rings. The topological polar surface area (TPSA) is 118 Å². The molecule has 8 nitrogen and oxygen atoms in total. The van der Waals surface area contributed by atoms with E-state index in [2.05, 4.69) is 39.9 Å². The van der Waals surface area contributed by atoms with E-state index in [1.807, 2.05) is 31.2 Å². The lowest BCUT2D eigenvalue weighted by molar-refractivity contribution is -0.138. The Morgan fingerprint density at radius 3 is 2.37 bits per heavy atom. The minimum Gasteiger partial charge on any atom is -0.481 e. The van der Waals surface area contributed by atoms with Gasteiger partial charge in [-0.3, -0.25) is 9.59 Å². The Hall–Kier alpha value is -3.72. The van der Waals surface area contributed by atoms with Gasteiger partial charge >= 0.3 is 12.1 Å². The Balaban J connectivity index is 1.24. The maximum Gasteiger partial charge on any atom is 0.407 e. The van der Waals surface area contributed by atoms with E-state index in [1.54, 1.807) is 5.38 Å². The number of rotatable bonds is 10. The van der Waals surface area contributed by atoms with Gasteiger partial charge in [0, 0.05) is 24.3 Å². The molecule has 1 aliphatic carbocycles. The minimum atomic E-state index is -0.850. The monoisotopic (exact) mass is 493 g/mol. The number of benzene rings is 2. The molecule has 1 unspecified atom stereocenters. The number of alkyl carbamates (subject to hydrolysis) is 1. The number of fused-ring (bicyclic) bond motifs is 3. The van der Waals surface area contributed by atoms with E-state index in [-0.39, 0.29) is 43.0 Å². The molecular formula is C26H27N3O5S. The molecule has 1 atom stereocenters. The molecule has 182 valence electrons. The van der Waals surface area contributed by atoms with Gasteiger partial charge in [-0.15, -0.1) is 11.3 Å². The maximum atomic E-state index is 12.3. The fourth-order valence-corrected chi connectivity index (χ4v) is 4.93. The molecule has 0 fully saturated rings. The molecule has 35 heavy (non-hydrogen) atoms. The van der Waals surface area contributed by atoms with Crippen LogP contribution < -0.4 is 10.6 Å². The third kappa shape index (κ3) is 6.05. The largest absolute Gasteiger partial charge is 0.481 e. The van der Waals surface area contributed by atoms with E-state index in [0.29, 0.717) is 18.0 Å². The molecule has 0 bridgehead atoms. The Morgan fingerprint density at radius 1 is 1.06 bits per heavy atom. The summed E-state index contributed by atoms with van der Waals surface area (Å²) in [7, 11) is 0. The first-order chi connectivity index (χ1) is 16.9. The van der Waals surface area contributed by atoms with Gasteiger partial charge in [-0.05, 0) is 34.6 Å². The highest BCUT2D eigenvalue weighted by Crippen LogP contribution is 2.44. The van der Waals surface area contributed by atoms with E-state index in [0.717, 1.165) is 11.1 Å². The standard InChI is InChI=1S/C26H27N3O5S/c1-16(12-24(30)31)10-11-27-25(32)22-15-35-23(29-22)13-28-26(33)34-14-21-19-8-4-2-6-17(19)18-7-3-5-9-20(18)21/h2-9,15-16,21H,10-14H2,1H3,(H,27,32)(H,28,33)(H,30,31). The van der Waals surface area contributed by atoms with Crippen molar-refractivity contribution in [1.82, 2.24) is 15.6 Å². The van der Waals surface area contributed by atoms with Gasteiger partial charge in [-0.2, -0.15) is 0 Å². The number of hydrogen-bond acceptors (Lipinski definition) is 6. The molecule has 0 aliphatic heterocycles. The first kappa shape index (κ1) is 24.4. The number of hydrogen-bond donors (Lipinski definition) is 3. The fourth-order valence-electron chi connectivity index (χ4n) is 4.22. The maximum absolute atomic E-state index is 12.3. The lowest BCUT2D eigenvalue weighted by atomic mass is 9.98. The summed E-state index contributed by atoms with van der Waals surface area (Å²) in [5.41, 5.74) is 4.90. The molecule has 1 heterocycles. The van der Waals surface area contributed by atoms with Crippen molar-refractivity contribution < 1.29 is 24.2 Å². The highest BCUT2D eigenvalue weighted by atomic mass is 32.1. The van der Waals surface area contributed by atoms with E-state index in [1.165, 1.54) is 22.5 Å².